The summed E-state index contributed by atoms with van der Waals surface area (Å²) >= 11 is 1.81. The number of carbonyl (C=O) groups is 1. The number of ether oxygens (including phenoxy) is 1. The Bertz CT molecular complexity index is 488. The van der Waals surface area contributed by atoms with Gasteiger partial charge in [0.15, 0.2) is 0 Å². The molecule has 2 heterocycles. The number of carbonyl (C=O) groups excluding carboxylic acids is 1. The molecule has 1 aliphatic heterocycles. The van der Waals surface area contributed by atoms with Crippen LogP contribution in [-0.2, 0) is 0 Å². The molecular formula is C14H20N2O4S. The van der Waals surface area contributed by atoms with Crippen LogP contribution in [0.5, 0.6) is 5.88 Å². The summed E-state index contributed by atoms with van der Waals surface area (Å²) in [5.41, 5.74) is -0.768. The van der Waals surface area contributed by atoms with Gasteiger partial charge in [-0.1, -0.05) is 0 Å². The van der Waals surface area contributed by atoms with Crippen molar-refractivity contribution in [2.45, 2.75) is 25.0 Å². The Morgan fingerprint density at radius 2 is 2.33 bits per heavy atom. The zero-order chi connectivity index (χ0) is 15.3. The molecule has 1 fully saturated rings. The minimum absolute atomic E-state index is 0.0681. The zero-order valence-corrected chi connectivity index (χ0v) is 12.7. The van der Waals surface area contributed by atoms with Crippen molar-refractivity contribution in [1.82, 2.24) is 10.3 Å². The largest absolute Gasteiger partial charge is 0.473 e. The van der Waals surface area contributed by atoms with Crippen LogP contribution >= 0.6 is 11.8 Å². The van der Waals surface area contributed by atoms with Crippen molar-refractivity contribution in [1.29, 1.82) is 0 Å². The molecule has 7 heteroatoms. The molecule has 0 aromatic carbocycles. The minimum atomic E-state index is -1.08. The molecule has 0 aliphatic carbocycles. The Hall–Kier alpha value is -1.31. The normalized spacial score (nSPS) is 18.5. The first kappa shape index (κ1) is 16.1. The van der Waals surface area contributed by atoms with E-state index in [0.29, 0.717) is 11.4 Å². The van der Waals surface area contributed by atoms with E-state index in [1.165, 1.54) is 0 Å². The van der Waals surface area contributed by atoms with E-state index < -0.39 is 11.4 Å². The molecule has 0 radical (unpaired) electrons. The van der Waals surface area contributed by atoms with E-state index in [1.54, 1.807) is 25.3 Å². The van der Waals surface area contributed by atoms with Gasteiger partial charge in [0.2, 0.25) is 5.88 Å². The second kappa shape index (κ2) is 7.11. The van der Waals surface area contributed by atoms with Crippen LogP contribution in [-0.4, -0.2) is 57.5 Å². The number of rotatable bonds is 6. The van der Waals surface area contributed by atoms with Crippen LogP contribution in [0.15, 0.2) is 18.3 Å². The molecule has 1 aromatic heterocycles. The maximum atomic E-state index is 12.3. The number of hydrogen-bond acceptors (Lipinski definition) is 6. The SMILES string of the molecule is CC(CO)(CO)NC(=O)c1cccnc1OC1CCSC1. The first-order chi connectivity index (χ1) is 10.1. The van der Waals surface area contributed by atoms with E-state index >= 15 is 0 Å². The molecule has 0 spiro atoms. The Kier molecular flexibility index (Phi) is 5.44. The number of nitrogens with zero attached hydrogens (tertiary/aromatic N) is 1. The average Bonchev–Trinajstić information content (AvgIpc) is 3.00. The van der Waals surface area contributed by atoms with E-state index in [-0.39, 0.29) is 19.3 Å². The molecular weight excluding hydrogens is 292 g/mol. The van der Waals surface area contributed by atoms with Gasteiger partial charge in [-0.25, -0.2) is 4.98 Å². The monoisotopic (exact) mass is 312 g/mol. The second-order valence-electron chi connectivity index (χ2n) is 5.29. The molecule has 1 aromatic rings. The summed E-state index contributed by atoms with van der Waals surface area (Å²) in [5, 5.41) is 21.1. The van der Waals surface area contributed by atoms with Crippen molar-refractivity contribution < 1.29 is 19.7 Å². The summed E-state index contributed by atoms with van der Waals surface area (Å²) in [7, 11) is 0. The number of aliphatic hydroxyl groups is 2. The molecule has 3 N–H and O–H groups in total. The first-order valence-corrected chi connectivity index (χ1v) is 7.97. The third-order valence-corrected chi connectivity index (χ3v) is 4.43. The average molecular weight is 312 g/mol. The Balaban J connectivity index is 2.13. The lowest BCUT2D eigenvalue weighted by Gasteiger charge is -2.26. The molecule has 1 atom stereocenters. The van der Waals surface area contributed by atoms with Gasteiger partial charge in [-0.2, -0.15) is 11.8 Å². The van der Waals surface area contributed by atoms with Crippen LogP contribution in [0.2, 0.25) is 0 Å². The summed E-state index contributed by atoms with van der Waals surface area (Å²) < 4.78 is 5.79. The molecule has 1 saturated heterocycles. The topological polar surface area (TPSA) is 91.7 Å². The molecule has 21 heavy (non-hydrogen) atoms. The third-order valence-electron chi connectivity index (χ3n) is 3.30. The van der Waals surface area contributed by atoms with Crippen molar-refractivity contribution in [3.05, 3.63) is 23.9 Å². The molecule has 0 saturated carbocycles. The lowest BCUT2D eigenvalue weighted by molar-refractivity contribution is 0.0718. The van der Waals surface area contributed by atoms with Crippen LogP contribution in [0.25, 0.3) is 0 Å². The van der Waals surface area contributed by atoms with Crippen molar-refractivity contribution >= 4 is 17.7 Å². The quantitative estimate of drug-likeness (QED) is 0.706. The van der Waals surface area contributed by atoms with Crippen LogP contribution in [0.4, 0.5) is 0 Å². The number of aliphatic hydroxyl groups excluding tert-OH is 2. The predicted molar refractivity (Wildman–Crippen MR) is 80.6 cm³/mol. The Morgan fingerprint density at radius 3 is 2.95 bits per heavy atom. The number of hydrogen-bond donors (Lipinski definition) is 3. The van der Waals surface area contributed by atoms with E-state index in [4.69, 9.17) is 4.74 Å². The Labute approximate surface area is 127 Å². The van der Waals surface area contributed by atoms with Crippen LogP contribution in [0, 0.1) is 0 Å². The van der Waals surface area contributed by atoms with Crippen molar-refractivity contribution in [3.63, 3.8) is 0 Å². The van der Waals surface area contributed by atoms with Crippen molar-refractivity contribution in [2.75, 3.05) is 24.7 Å². The van der Waals surface area contributed by atoms with E-state index in [1.807, 2.05) is 11.8 Å². The number of nitrogens with one attached hydrogen (secondary N) is 1. The summed E-state index contributed by atoms with van der Waals surface area (Å²) in [4.78, 5) is 16.4. The van der Waals surface area contributed by atoms with Crippen molar-refractivity contribution in [2.24, 2.45) is 0 Å². The number of amides is 1. The maximum Gasteiger partial charge on any atom is 0.257 e. The predicted octanol–water partition coefficient (Wildman–Crippen LogP) is 0.439. The lowest BCUT2D eigenvalue weighted by atomic mass is 10.0. The summed E-state index contributed by atoms with van der Waals surface area (Å²) in [6.07, 6.45) is 2.58. The second-order valence-corrected chi connectivity index (χ2v) is 6.44. The number of thioether (sulfide) groups is 1. The highest BCUT2D eigenvalue weighted by Crippen LogP contribution is 2.24. The van der Waals surface area contributed by atoms with Gasteiger partial charge in [-0.15, -0.1) is 0 Å². The third kappa shape index (κ3) is 4.09. The highest BCUT2D eigenvalue weighted by Gasteiger charge is 2.27. The highest BCUT2D eigenvalue weighted by atomic mass is 32.2. The van der Waals surface area contributed by atoms with Gasteiger partial charge < -0.3 is 20.3 Å². The summed E-state index contributed by atoms with van der Waals surface area (Å²) in [6, 6.07) is 3.27. The van der Waals surface area contributed by atoms with Crippen molar-refractivity contribution in [3.8, 4) is 5.88 Å². The van der Waals surface area contributed by atoms with Gasteiger partial charge in [0.05, 0.1) is 18.8 Å². The zero-order valence-electron chi connectivity index (χ0n) is 11.9. The smallest absolute Gasteiger partial charge is 0.257 e. The van der Waals surface area contributed by atoms with Crippen LogP contribution < -0.4 is 10.1 Å². The molecule has 1 aliphatic rings. The Morgan fingerprint density at radius 1 is 1.57 bits per heavy atom. The minimum Gasteiger partial charge on any atom is -0.473 e. The van der Waals surface area contributed by atoms with Gasteiger partial charge in [-0.3, -0.25) is 4.79 Å². The molecule has 6 nitrogen and oxygen atoms in total. The van der Waals surface area contributed by atoms with E-state index in [0.717, 1.165) is 17.9 Å². The molecule has 2 rings (SSSR count). The van der Waals surface area contributed by atoms with Gasteiger partial charge in [0.25, 0.3) is 5.91 Å². The fourth-order valence-electron chi connectivity index (χ4n) is 1.89. The molecule has 1 unspecified atom stereocenters. The molecule has 116 valence electrons. The maximum absolute atomic E-state index is 12.3. The highest BCUT2D eigenvalue weighted by molar-refractivity contribution is 7.99. The summed E-state index contributed by atoms with van der Waals surface area (Å²) in [6.45, 7) is 0.853. The number of aromatic nitrogens is 1. The van der Waals surface area contributed by atoms with Crippen LogP contribution in [0.1, 0.15) is 23.7 Å². The van der Waals surface area contributed by atoms with E-state index in [9.17, 15) is 15.0 Å². The van der Waals surface area contributed by atoms with Gasteiger partial charge in [0, 0.05) is 11.9 Å². The summed E-state index contributed by atoms with van der Waals surface area (Å²) in [5.74, 6) is 1.81. The molecule has 0 bridgehead atoms. The van der Waals surface area contributed by atoms with E-state index in [2.05, 4.69) is 10.3 Å². The van der Waals surface area contributed by atoms with Crippen LogP contribution in [0.3, 0.4) is 0 Å². The van der Waals surface area contributed by atoms with Gasteiger partial charge in [0.1, 0.15) is 11.7 Å². The molecule has 1 amide bonds. The fraction of sp³-hybridized carbons (Fsp3) is 0.571. The fourth-order valence-corrected chi connectivity index (χ4v) is 2.99. The standard InChI is InChI=1S/C14H20N2O4S/c1-14(8-17,9-18)16-12(19)11-3-2-5-15-13(11)20-10-4-6-21-7-10/h2-3,5,10,17-18H,4,6-9H2,1H3,(H,16,19). The van der Waals surface area contributed by atoms with Gasteiger partial charge >= 0.3 is 0 Å². The lowest BCUT2D eigenvalue weighted by Crippen LogP contribution is -2.51. The number of pyridine rings is 1. The van der Waals surface area contributed by atoms with Gasteiger partial charge in [-0.05, 0) is 31.2 Å². The first-order valence-electron chi connectivity index (χ1n) is 6.81.